The number of carbonyl (C=O) groups is 2. The van der Waals surface area contributed by atoms with E-state index in [9.17, 15) is 14.0 Å². The molecule has 7 nitrogen and oxygen atoms in total. The maximum absolute atomic E-state index is 12.6. The van der Waals surface area contributed by atoms with Crippen molar-refractivity contribution in [2.45, 2.75) is 32.2 Å². The molecule has 0 saturated carbocycles. The van der Waals surface area contributed by atoms with Crippen LogP contribution in [0.5, 0.6) is 0 Å². The fraction of sp³-hybridized carbons (Fsp3) is 0.333. The highest BCUT2D eigenvalue weighted by Crippen LogP contribution is 2.05. The molecule has 1 rings (SSSR count). The number of halogens is 1. The van der Waals surface area contributed by atoms with Crippen LogP contribution in [0, 0.1) is 0 Å². The van der Waals surface area contributed by atoms with Gasteiger partial charge in [0.2, 0.25) is 11.8 Å². The van der Waals surface area contributed by atoms with Crippen LogP contribution in [-0.4, -0.2) is 36.1 Å². The Morgan fingerprint density at radius 1 is 1.28 bits per heavy atom. The predicted molar refractivity (Wildman–Crippen MR) is 113 cm³/mol. The van der Waals surface area contributed by atoms with E-state index in [-0.39, 0.29) is 12.2 Å². The molecule has 0 fully saturated rings. The van der Waals surface area contributed by atoms with Gasteiger partial charge >= 0.3 is 0 Å². The topological polar surface area (TPSA) is 130 Å². The number of amides is 2. The lowest BCUT2D eigenvalue weighted by atomic mass is 10.1. The van der Waals surface area contributed by atoms with Crippen LogP contribution < -0.4 is 22.1 Å². The summed E-state index contributed by atoms with van der Waals surface area (Å²) in [4.78, 5) is 23.1. The monoisotopic (exact) mass is 406 g/mol. The molecule has 0 saturated heterocycles. The van der Waals surface area contributed by atoms with Crippen LogP contribution in [0.1, 0.15) is 25.3 Å². The van der Waals surface area contributed by atoms with Crippen LogP contribution in [0.3, 0.4) is 0 Å². The fourth-order valence-electron chi connectivity index (χ4n) is 2.02. The standard InChI is InChI=1S/C13H21FN4O3.C8H10/c1-8(14)6-11(9(2)19)18-12(20)7-17-13(21)10(16)4-3-5-15;1-2-8-6-4-3-5-7-8/h6,10,19H,1-5,7,15-16H2,(H,17,21)(H,18,20);3-7H,2H2,1H3/b11-6+;/t10-;/m0./s1. The molecule has 29 heavy (non-hydrogen) atoms. The Kier molecular flexibility index (Phi) is 13.5. The first-order valence-electron chi connectivity index (χ1n) is 9.22. The highest BCUT2D eigenvalue weighted by molar-refractivity contribution is 5.88. The number of hydrogen-bond acceptors (Lipinski definition) is 5. The molecular formula is C21H31FN4O3. The molecule has 0 spiro atoms. The van der Waals surface area contributed by atoms with Crippen LogP contribution in [0.15, 0.2) is 66.8 Å². The van der Waals surface area contributed by atoms with E-state index in [1.165, 1.54) is 5.56 Å². The zero-order chi connectivity index (χ0) is 22.2. The smallest absolute Gasteiger partial charge is 0.243 e. The molecule has 8 heteroatoms. The fourth-order valence-corrected chi connectivity index (χ4v) is 2.02. The van der Waals surface area contributed by atoms with Crippen LogP contribution in [-0.2, 0) is 16.0 Å². The Hall–Kier alpha value is -2.97. The summed E-state index contributed by atoms with van der Waals surface area (Å²) in [5, 5.41) is 13.7. The van der Waals surface area contributed by atoms with E-state index in [2.05, 4.69) is 55.0 Å². The van der Waals surface area contributed by atoms with Crippen molar-refractivity contribution in [2.24, 2.45) is 11.5 Å². The minimum absolute atomic E-state index is 0.242. The SMILES string of the molecule is C=C(F)/C=C(/NC(=O)CNC(=O)[C@@H](N)CCCN)C(=C)O.CCc1ccccc1. The minimum Gasteiger partial charge on any atom is -0.506 e. The van der Waals surface area contributed by atoms with E-state index in [4.69, 9.17) is 16.6 Å². The van der Waals surface area contributed by atoms with Gasteiger partial charge in [-0.3, -0.25) is 9.59 Å². The van der Waals surface area contributed by atoms with E-state index in [0.717, 1.165) is 12.5 Å². The molecule has 0 unspecified atom stereocenters. The first-order chi connectivity index (χ1) is 13.7. The van der Waals surface area contributed by atoms with E-state index in [1.807, 2.05) is 6.07 Å². The van der Waals surface area contributed by atoms with Crippen LogP contribution in [0.2, 0.25) is 0 Å². The normalized spacial score (nSPS) is 11.5. The summed E-state index contributed by atoms with van der Waals surface area (Å²) < 4.78 is 12.6. The first kappa shape index (κ1) is 26.0. The quantitative estimate of drug-likeness (QED) is 0.300. The predicted octanol–water partition coefficient (Wildman–Crippen LogP) is 1.97. The number of nitrogens with two attached hydrogens (primary N) is 2. The second kappa shape index (κ2) is 15.0. The lowest BCUT2D eigenvalue weighted by molar-refractivity contribution is -0.126. The van der Waals surface area contributed by atoms with Crippen molar-refractivity contribution in [1.29, 1.82) is 0 Å². The van der Waals surface area contributed by atoms with Gasteiger partial charge in [0, 0.05) is 6.08 Å². The first-order valence-corrected chi connectivity index (χ1v) is 9.22. The van der Waals surface area contributed by atoms with Crippen LogP contribution in [0.4, 0.5) is 4.39 Å². The van der Waals surface area contributed by atoms with Gasteiger partial charge in [-0.2, -0.15) is 0 Å². The minimum atomic E-state index is -0.867. The van der Waals surface area contributed by atoms with Crippen molar-refractivity contribution < 1.29 is 19.1 Å². The molecule has 0 heterocycles. The molecule has 0 aromatic heterocycles. The Labute approximate surface area is 171 Å². The second-order valence-corrected chi connectivity index (χ2v) is 6.09. The molecule has 0 aliphatic carbocycles. The van der Waals surface area contributed by atoms with Crippen molar-refractivity contribution in [3.8, 4) is 0 Å². The van der Waals surface area contributed by atoms with Crippen molar-refractivity contribution in [3.05, 3.63) is 72.4 Å². The lowest BCUT2D eigenvalue weighted by Crippen LogP contribution is -2.45. The van der Waals surface area contributed by atoms with Gasteiger partial charge in [0.05, 0.1) is 18.3 Å². The average molecular weight is 407 g/mol. The number of aliphatic hydroxyl groups is 1. The van der Waals surface area contributed by atoms with Gasteiger partial charge in [-0.05, 0) is 31.4 Å². The number of allylic oxidation sites excluding steroid dienone is 2. The average Bonchev–Trinajstić information content (AvgIpc) is 2.70. The van der Waals surface area contributed by atoms with Gasteiger partial charge < -0.3 is 27.2 Å². The highest BCUT2D eigenvalue weighted by atomic mass is 19.1. The van der Waals surface area contributed by atoms with Crippen molar-refractivity contribution >= 4 is 11.8 Å². The number of aliphatic hydroxyl groups excluding tert-OH is 1. The number of carbonyl (C=O) groups excluding carboxylic acids is 2. The molecule has 0 bridgehead atoms. The van der Waals surface area contributed by atoms with Crippen LogP contribution >= 0.6 is 0 Å². The second-order valence-electron chi connectivity index (χ2n) is 6.09. The number of rotatable bonds is 10. The number of hydrogen-bond donors (Lipinski definition) is 5. The largest absolute Gasteiger partial charge is 0.506 e. The van der Waals surface area contributed by atoms with Gasteiger partial charge in [0.1, 0.15) is 11.6 Å². The lowest BCUT2D eigenvalue weighted by Gasteiger charge is -2.12. The maximum Gasteiger partial charge on any atom is 0.243 e. The number of nitrogens with one attached hydrogen (secondary N) is 2. The zero-order valence-corrected chi connectivity index (χ0v) is 16.8. The van der Waals surface area contributed by atoms with Crippen LogP contribution in [0.25, 0.3) is 0 Å². The third-order valence-corrected chi connectivity index (χ3v) is 3.62. The summed E-state index contributed by atoms with van der Waals surface area (Å²) >= 11 is 0. The molecule has 2 amide bonds. The summed E-state index contributed by atoms with van der Waals surface area (Å²) in [6.07, 6.45) is 2.94. The third-order valence-electron chi connectivity index (χ3n) is 3.62. The summed E-state index contributed by atoms with van der Waals surface area (Å²) in [6, 6.07) is 9.70. The Bertz CT molecular complexity index is 705. The summed E-state index contributed by atoms with van der Waals surface area (Å²) in [5.41, 5.74) is 12.0. The van der Waals surface area contributed by atoms with E-state index in [0.29, 0.717) is 19.4 Å². The van der Waals surface area contributed by atoms with E-state index >= 15 is 0 Å². The number of aryl methyl sites for hydroxylation is 1. The molecule has 0 aliphatic heterocycles. The Morgan fingerprint density at radius 2 is 1.90 bits per heavy atom. The van der Waals surface area contributed by atoms with Crippen molar-refractivity contribution in [2.75, 3.05) is 13.1 Å². The van der Waals surface area contributed by atoms with E-state index in [1.54, 1.807) is 0 Å². The maximum atomic E-state index is 12.6. The van der Waals surface area contributed by atoms with Crippen molar-refractivity contribution in [3.63, 3.8) is 0 Å². The van der Waals surface area contributed by atoms with Gasteiger partial charge in [-0.15, -0.1) is 0 Å². The number of benzene rings is 1. The van der Waals surface area contributed by atoms with E-state index < -0.39 is 29.4 Å². The molecule has 1 aromatic carbocycles. The van der Waals surface area contributed by atoms with Gasteiger partial charge in [0.25, 0.3) is 0 Å². The molecule has 0 radical (unpaired) electrons. The summed E-state index contributed by atoms with van der Waals surface area (Å²) in [7, 11) is 0. The van der Waals surface area contributed by atoms with Gasteiger partial charge in [-0.25, -0.2) is 4.39 Å². The molecule has 0 aliphatic rings. The zero-order valence-electron chi connectivity index (χ0n) is 16.8. The molecular weight excluding hydrogens is 375 g/mol. The van der Waals surface area contributed by atoms with Gasteiger partial charge in [0.15, 0.2) is 0 Å². The van der Waals surface area contributed by atoms with Crippen molar-refractivity contribution in [1.82, 2.24) is 10.6 Å². The molecule has 1 atom stereocenters. The molecule has 160 valence electrons. The summed E-state index contributed by atoms with van der Waals surface area (Å²) in [6.45, 7) is 8.34. The Balaban J connectivity index is 0.000000807. The third kappa shape index (κ3) is 12.9. The van der Waals surface area contributed by atoms with Gasteiger partial charge in [-0.1, -0.05) is 50.4 Å². The molecule has 1 aromatic rings. The Morgan fingerprint density at radius 3 is 2.34 bits per heavy atom. The highest BCUT2D eigenvalue weighted by Gasteiger charge is 2.14. The molecule has 7 N–H and O–H groups in total. The summed E-state index contributed by atoms with van der Waals surface area (Å²) in [5.74, 6) is -2.57.